The molecule has 3 fully saturated rings. The number of alkyl halides is 1. The molecule has 4 heterocycles. The number of aliphatic hydroxyl groups is 2. The zero-order chi connectivity index (χ0) is 30.6. The number of nitriles is 1. The van der Waals surface area contributed by atoms with Crippen LogP contribution >= 0.6 is 0 Å². The first kappa shape index (κ1) is 30.0. The van der Waals surface area contributed by atoms with Gasteiger partial charge in [-0.3, -0.25) is 9.80 Å². The third kappa shape index (κ3) is 6.57. The number of hydrogen-bond acceptors (Lipinski definition) is 12. The lowest BCUT2D eigenvalue weighted by molar-refractivity contribution is -0.0800. The minimum Gasteiger partial charge on any atom is -0.486 e. The summed E-state index contributed by atoms with van der Waals surface area (Å²) in [5.41, 5.74) is 1.73. The van der Waals surface area contributed by atoms with Gasteiger partial charge in [0.2, 0.25) is 5.95 Å². The van der Waals surface area contributed by atoms with Crippen LogP contribution in [0.15, 0.2) is 42.7 Å². The lowest BCUT2D eigenvalue weighted by Gasteiger charge is -2.43. The molecule has 0 radical (unpaired) electrons. The van der Waals surface area contributed by atoms with E-state index in [0.29, 0.717) is 29.5 Å². The quantitative estimate of drug-likeness (QED) is 0.327. The van der Waals surface area contributed by atoms with Gasteiger partial charge >= 0.3 is 0 Å². The van der Waals surface area contributed by atoms with Gasteiger partial charge in [0.25, 0.3) is 0 Å². The van der Waals surface area contributed by atoms with Gasteiger partial charge < -0.3 is 29.9 Å². The number of likely N-dealkylation sites (tertiary alicyclic amines) is 1. The molecule has 3 aliphatic rings. The van der Waals surface area contributed by atoms with Crippen molar-refractivity contribution in [3.8, 4) is 23.2 Å². The van der Waals surface area contributed by atoms with Crippen LogP contribution in [0, 0.1) is 17.1 Å². The number of nitrogens with one attached hydrogen (secondary N) is 1. The number of piperidine rings is 1. The summed E-state index contributed by atoms with van der Waals surface area (Å²) in [4.78, 5) is 18.7. The molecule has 3 aliphatic heterocycles. The second-order valence-electron chi connectivity index (χ2n) is 11.1. The maximum atomic E-state index is 15.1. The van der Waals surface area contributed by atoms with E-state index in [1.165, 1.54) is 17.3 Å². The van der Waals surface area contributed by atoms with Gasteiger partial charge in [0.15, 0.2) is 5.82 Å². The minimum atomic E-state index is -1.41. The summed E-state index contributed by atoms with van der Waals surface area (Å²) in [5.74, 6) is 0.368. The summed E-state index contributed by atoms with van der Waals surface area (Å²) < 4.78 is 41.1. The molecule has 232 valence electrons. The van der Waals surface area contributed by atoms with Gasteiger partial charge in [-0.05, 0) is 36.4 Å². The highest BCUT2D eigenvalue weighted by Crippen LogP contribution is 2.30. The Kier molecular flexibility index (Phi) is 9.10. The lowest BCUT2D eigenvalue weighted by atomic mass is 10.0. The van der Waals surface area contributed by atoms with Gasteiger partial charge in [0, 0.05) is 56.9 Å². The number of aliphatic hydroxyl groups excluding tert-OH is 2. The van der Waals surface area contributed by atoms with Gasteiger partial charge in [-0.25, -0.2) is 18.7 Å². The summed E-state index contributed by atoms with van der Waals surface area (Å²) in [6.45, 7) is 4.54. The number of benzene rings is 2. The molecule has 3 atom stereocenters. The highest BCUT2D eigenvalue weighted by atomic mass is 19.1. The number of halogens is 2. The smallest absolute Gasteiger partial charge is 0.230 e. The van der Waals surface area contributed by atoms with Crippen LogP contribution < -0.4 is 15.0 Å². The average molecular weight is 609 g/mol. The largest absolute Gasteiger partial charge is 0.486 e. The third-order valence-corrected chi connectivity index (χ3v) is 8.30. The molecule has 3 aromatic rings. The first-order valence-corrected chi connectivity index (χ1v) is 14.6. The van der Waals surface area contributed by atoms with Crippen molar-refractivity contribution in [1.29, 1.82) is 5.26 Å². The van der Waals surface area contributed by atoms with Crippen LogP contribution in [-0.2, 0) is 4.74 Å². The van der Waals surface area contributed by atoms with Crippen molar-refractivity contribution in [2.45, 2.75) is 31.0 Å². The zero-order valence-corrected chi connectivity index (χ0v) is 24.0. The van der Waals surface area contributed by atoms with E-state index in [0.717, 1.165) is 39.4 Å². The summed E-state index contributed by atoms with van der Waals surface area (Å²) in [7, 11) is 0. The predicted molar refractivity (Wildman–Crippen MR) is 157 cm³/mol. The predicted octanol–water partition coefficient (Wildman–Crippen LogP) is 1.92. The third-order valence-electron chi connectivity index (χ3n) is 8.30. The fourth-order valence-corrected chi connectivity index (χ4v) is 5.68. The van der Waals surface area contributed by atoms with Crippen LogP contribution in [0.3, 0.4) is 0 Å². The Morgan fingerprint density at radius 2 is 1.93 bits per heavy atom. The average Bonchev–Trinajstić information content (AvgIpc) is 3.01. The van der Waals surface area contributed by atoms with Gasteiger partial charge in [-0.1, -0.05) is 0 Å². The Labute approximate surface area is 253 Å². The Morgan fingerprint density at radius 1 is 1.11 bits per heavy atom. The fourth-order valence-electron chi connectivity index (χ4n) is 5.68. The standard InChI is InChI=1S/C30H34F2N8O4/c31-23-12-21(2-3-25(23)39-9-7-38(8-10-39)22-16-43-17-22)36-30-35-18-34-29(37-30)19-1-4-26(20(11-19)13-33)44-27-5-6-40(14-24(27)32)28(42)15-41/h1-4,11-12,18,22,24,27-28,41-42H,5-10,14-17H2,(H,34,35,36,37)/t24-,27+,28?/m1/s1. The SMILES string of the molecule is N#Cc1cc(-c2ncnc(Nc3ccc(N4CCN(C5COC5)CC4)c(F)c3)n2)ccc1O[C@H]1CCN(C(O)CO)C[C@H]1F. The molecule has 0 spiro atoms. The monoisotopic (exact) mass is 608 g/mol. The summed E-state index contributed by atoms with van der Waals surface area (Å²) in [5, 5.41) is 31.7. The normalized spacial score (nSPS) is 22.2. The highest BCUT2D eigenvalue weighted by molar-refractivity contribution is 5.64. The Morgan fingerprint density at radius 3 is 2.61 bits per heavy atom. The molecule has 44 heavy (non-hydrogen) atoms. The van der Waals surface area contributed by atoms with Gasteiger partial charge in [0.05, 0.1) is 37.1 Å². The molecule has 0 amide bonds. The molecule has 0 bridgehead atoms. The molecule has 3 saturated heterocycles. The van der Waals surface area contributed by atoms with Crippen molar-refractivity contribution in [3.63, 3.8) is 0 Å². The molecule has 0 saturated carbocycles. The van der Waals surface area contributed by atoms with E-state index in [1.54, 1.807) is 30.3 Å². The molecule has 14 heteroatoms. The summed E-state index contributed by atoms with van der Waals surface area (Å²) >= 11 is 0. The van der Waals surface area contributed by atoms with Crippen molar-refractivity contribution in [1.82, 2.24) is 24.8 Å². The molecule has 0 aliphatic carbocycles. The first-order chi connectivity index (χ1) is 21.4. The van der Waals surface area contributed by atoms with Crippen molar-refractivity contribution >= 4 is 17.3 Å². The van der Waals surface area contributed by atoms with E-state index in [2.05, 4.69) is 36.1 Å². The van der Waals surface area contributed by atoms with Crippen LogP contribution in [0.25, 0.3) is 11.4 Å². The molecular weight excluding hydrogens is 574 g/mol. The van der Waals surface area contributed by atoms with Crippen molar-refractivity contribution in [2.75, 3.05) is 69.3 Å². The van der Waals surface area contributed by atoms with Gasteiger partial charge in [-0.2, -0.15) is 10.2 Å². The number of aromatic nitrogens is 3. The molecule has 2 aromatic carbocycles. The Balaban J connectivity index is 1.10. The molecule has 1 aromatic heterocycles. The van der Waals surface area contributed by atoms with Crippen molar-refractivity contribution in [2.24, 2.45) is 0 Å². The molecular formula is C30H34F2N8O4. The van der Waals surface area contributed by atoms with Crippen LogP contribution in [-0.4, -0.2) is 119 Å². The maximum absolute atomic E-state index is 15.1. The van der Waals surface area contributed by atoms with Crippen LogP contribution in [0.5, 0.6) is 5.75 Å². The molecule has 3 N–H and O–H groups in total. The van der Waals surface area contributed by atoms with Gasteiger partial charge in [0.1, 0.15) is 42.5 Å². The van der Waals surface area contributed by atoms with E-state index in [1.807, 2.05) is 0 Å². The fraction of sp³-hybridized carbons (Fsp3) is 0.467. The van der Waals surface area contributed by atoms with E-state index < -0.39 is 25.1 Å². The first-order valence-electron chi connectivity index (χ1n) is 14.6. The van der Waals surface area contributed by atoms with E-state index in [4.69, 9.17) is 14.6 Å². The van der Waals surface area contributed by atoms with E-state index in [-0.39, 0.29) is 41.9 Å². The number of rotatable bonds is 9. The summed E-state index contributed by atoms with van der Waals surface area (Å²) in [6, 6.07) is 12.3. The number of nitrogens with zero attached hydrogens (tertiary/aromatic N) is 7. The zero-order valence-electron chi connectivity index (χ0n) is 24.0. The van der Waals surface area contributed by atoms with Crippen LogP contribution in [0.4, 0.5) is 26.1 Å². The highest BCUT2D eigenvalue weighted by Gasteiger charge is 2.34. The lowest BCUT2D eigenvalue weighted by Crippen LogP contribution is -2.56. The second-order valence-corrected chi connectivity index (χ2v) is 11.1. The van der Waals surface area contributed by atoms with Crippen LogP contribution in [0.2, 0.25) is 0 Å². The number of ether oxygens (including phenoxy) is 2. The number of piperazine rings is 1. The molecule has 1 unspecified atom stereocenters. The van der Waals surface area contributed by atoms with E-state index >= 15 is 4.39 Å². The Bertz CT molecular complexity index is 1500. The van der Waals surface area contributed by atoms with Crippen molar-refractivity contribution < 1.29 is 28.5 Å². The molecule has 6 rings (SSSR count). The number of hydrogen-bond donors (Lipinski definition) is 3. The Hall–Kier alpha value is -4.00. The second kappa shape index (κ2) is 13.3. The van der Waals surface area contributed by atoms with Crippen LogP contribution in [0.1, 0.15) is 12.0 Å². The topological polar surface area (TPSA) is 143 Å². The minimum absolute atomic E-state index is 0.0901. The van der Waals surface area contributed by atoms with Gasteiger partial charge in [-0.15, -0.1) is 0 Å². The van der Waals surface area contributed by atoms with E-state index in [9.17, 15) is 14.8 Å². The molecule has 12 nitrogen and oxygen atoms in total. The van der Waals surface area contributed by atoms with Crippen molar-refractivity contribution in [3.05, 3.63) is 54.1 Å². The maximum Gasteiger partial charge on any atom is 0.230 e. The summed E-state index contributed by atoms with van der Waals surface area (Å²) in [6.07, 6.45) is -1.74. The number of anilines is 3.